The van der Waals surface area contributed by atoms with Gasteiger partial charge in [0, 0.05) is 18.9 Å². The molecule has 0 saturated carbocycles. The van der Waals surface area contributed by atoms with E-state index in [4.69, 9.17) is 0 Å². The molecule has 2 N–H and O–H groups in total. The Kier molecular flexibility index (Phi) is 5.71. The second-order valence-electron chi connectivity index (χ2n) is 5.49. The van der Waals surface area contributed by atoms with Crippen LogP contribution < -0.4 is 10.6 Å². The minimum absolute atomic E-state index is 0.00408. The summed E-state index contributed by atoms with van der Waals surface area (Å²) in [4.78, 5) is 24.4. The summed E-state index contributed by atoms with van der Waals surface area (Å²) >= 11 is 0. The van der Waals surface area contributed by atoms with Crippen LogP contribution in [-0.2, 0) is 14.6 Å². The molecule has 2 aromatic rings. The number of likely N-dealkylation sites (N-methyl/N-ethyl adjacent to an activating group) is 1. The Balaban J connectivity index is 2.35. The lowest BCUT2D eigenvalue weighted by Gasteiger charge is -2.18. The average molecular weight is 382 g/mol. The molecule has 2 rings (SSSR count). The first kappa shape index (κ1) is 19.5. The number of hydrogen-bond acceptors (Lipinski definition) is 4. The summed E-state index contributed by atoms with van der Waals surface area (Å²) in [6.45, 7) is 0. The molecule has 0 aliphatic heterocycles. The average Bonchev–Trinajstić information content (AvgIpc) is 2.60. The van der Waals surface area contributed by atoms with E-state index < -0.39 is 39.3 Å². The van der Waals surface area contributed by atoms with Crippen molar-refractivity contribution in [1.29, 1.82) is 0 Å². The molecule has 0 aliphatic rings. The SMILES string of the molecule is CNC(=O)C(NC(=O)c1cccc(S(C)(=O)=O)c1)c1ccc(F)c(F)c1. The van der Waals surface area contributed by atoms with E-state index in [0.717, 1.165) is 24.5 Å². The van der Waals surface area contributed by atoms with Crippen LogP contribution in [0.3, 0.4) is 0 Å². The zero-order chi connectivity index (χ0) is 19.5. The third-order valence-corrected chi connectivity index (χ3v) is 4.70. The molecule has 26 heavy (non-hydrogen) atoms. The van der Waals surface area contributed by atoms with Gasteiger partial charge in [-0.1, -0.05) is 12.1 Å². The molecule has 0 radical (unpaired) electrons. The zero-order valence-corrected chi connectivity index (χ0v) is 14.7. The van der Waals surface area contributed by atoms with Gasteiger partial charge >= 0.3 is 0 Å². The number of carbonyl (C=O) groups excluding carboxylic acids is 2. The third-order valence-electron chi connectivity index (χ3n) is 3.59. The maximum atomic E-state index is 13.5. The molecule has 9 heteroatoms. The van der Waals surface area contributed by atoms with Gasteiger partial charge in [0.1, 0.15) is 6.04 Å². The fourth-order valence-electron chi connectivity index (χ4n) is 2.22. The van der Waals surface area contributed by atoms with Crippen LogP contribution >= 0.6 is 0 Å². The smallest absolute Gasteiger partial charge is 0.252 e. The Morgan fingerprint density at radius 2 is 1.73 bits per heavy atom. The Morgan fingerprint density at radius 3 is 2.31 bits per heavy atom. The fourth-order valence-corrected chi connectivity index (χ4v) is 2.89. The molecule has 0 fully saturated rings. The second kappa shape index (κ2) is 7.61. The van der Waals surface area contributed by atoms with Gasteiger partial charge in [0.05, 0.1) is 4.90 Å². The van der Waals surface area contributed by atoms with Gasteiger partial charge in [0.15, 0.2) is 21.5 Å². The molecular formula is C17H16F2N2O4S. The number of sulfone groups is 1. The Labute approximate surface area is 149 Å². The van der Waals surface area contributed by atoms with E-state index in [9.17, 15) is 26.8 Å². The minimum atomic E-state index is -3.52. The van der Waals surface area contributed by atoms with Crippen LogP contribution in [0.25, 0.3) is 0 Å². The van der Waals surface area contributed by atoms with E-state index in [0.29, 0.717) is 0 Å². The highest BCUT2D eigenvalue weighted by molar-refractivity contribution is 7.90. The summed E-state index contributed by atoms with van der Waals surface area (Å²) in [5, 5.41) is 4.72. The summed E-state index contributed by atoms with van der Waals surface area (Å²) in [6.07, 6.45) is 0.999. The molecule has 0 heterocycles. The van der Waals surface area contributed by atoms with Crippen molar-refractivity contribution in [2.24, 2.45) is 0 Å². The molecule has 1 unspecified atom stereocenters. The molecule has 2 aromatic carbocycles. The highest BCUT2D eigenvalue weighted by atomic mass is 32.2. The molecule has 0 saturated heterocycles. The number of amides is 2. The lowest BCUT2D eigenvalue weighted by molar-refractivity contribution is -0.122. The zero-order valence-electron chi connectivity index (χ0n) is 13.9. The molecule has 1 atom stereocenters. The van der Waals surface area contributed by atoms with E-state index in [1.165, 1.54) is 31.3 Å². The summed E-state index contributed by atoms with van der Waals surface area (Å²) in [5.41, 5.74) is 0.0419. The minimum Gasteiger partial charge on any atom is -0.357 e. The number of rotatable bonds is 5. The maximum absolute atomic E-state index is 13.5. The van der Waals surface area contributed by atoms with Crippen molar-refractivity contribution >= 4 is 21.7 Å². The number of halogens is 2. The topological polar surface area (TPSA) is 92.3 Å². The fraction of sp³-hybridized carbons (Fsp3) is 0.176. The van der Waals surface area contributed by atoms with Gasteiger partial charge in [-0.2, -0.15) is 0 Å². The second-order valence-corrected chi connectivity index (χ2v) is 7.51. The third kappa shape index (κ3) is 4.42. The molecular weight excluding hydrogens is 366 g/mol. The Morgan fingerprint density at radius 1 is 1.04 bits per heavy atom. The van der Waals surface area contributed by atoms with Gasteiger partial charge in [-0.25, -0.2) is 17.2 Å². The number of hydrogen-bond donors (Lipinski definition) is 2. The van der Waals surface area contributed by atoms with Crippen molar-refractivity contribution in [3.63, 3.8) is 0 Å². The van der Waals surface area contributed by atoms with Gasteiger partial charge in [0.25, 0.3) is 5.91 Å². The number of carbonyl (C=O) groups is 2. The molecule has 6 nitrogen and oxygen atoms in total. The van der Waals surface area contributed by atoms with Crippen LogP contribution in [0.2, 0.25) is 0 Å². The molecule has 0 aliphatic carbocycles. The number of nitrogens with one attached hydrogen (secondary N) is 2. The predicted molar refractivity (Wildman–Crippen MR) is 90.2 cm³/mol. The molecule has 138 valence electrons. The standard InChI is InChI=1S/C17H16F2N2O4S/c1-20-17(23)15(10-6-7-13(18)14(19)9-10)21-16(22)11-4-3-5-12(8-11)26(2,24)25/h3-9,15H,1-2H3,(H,20,23)(H,21,22). The summed E-state index contributed by atoms with van der Waals surface area (Å²) in [5.74, 6) is -3.64. The molecule has 2 amide bonds. The maximum Gasteiger partial charge on any atom is 0.252 e. The van der Waals surface area contributed by atoms with Crippen LogP contribution in [0, 0.1) is 11.6 Å². The van der Waals surface area contributed by atoms with Crippen LogP contribution in [0.1, 0.15) is 22.0 Å². The van der Waals surface area contributed by atoms with E-state index in [1.807, 2.05) is 0 Å². The van der Waals surface area contributed by atoms with Crippen LogP contribution in [0.4, 0.5) is 8.78 Å². The molecule has 0 spiro atoms. The normalized spacial score (nSPS) is 12.3. The van der Waals surface area contributed by atoms with Gasteiger partial charge in [-0.15, -0.1) is 0 Å². The first-order valence-corrected chi connectivity index (χ1v) is 9.30. The summed E-state index contributed by atoms with van der Waals surface area (Å²) in [6, 6.07) is 6.79. The van der Waals surface area contributed by atoms with Gasteiger partial charge in [-0.05, 0) is 35.9 Å². The monoisotopic (exact) mass is 382 g/mol. The van der Waals surface area contributed by atoms with E-state index in [1.54, 1.807) is 0 Å². The predicted octanol–water partition coefficient (Wildman–Crippen LogP) is 1.59. The first-order chi connectivity index (χ1) is 12.1. The lowest BCUT2D eigenvalue weighted by Crippen LogP contribution is -2.39. The van der Waals surface area contributed by atoms with E-state index in [-0.39, 0.29) is 16.0 Å². The first-order valence-electron chi connectivity index (χ1n) is 7.41. The quantitative estimate of drug-likeness (QED) is 0.821. The van der Waals surface area contributed by atoms with Crippen molar-refractivity contribution in [3.05, 3.63) is 65.2 Å². The highest BCUT2D eigenvalue weighted by Gasteiger charge is 2.24. The van der Waals surface area contributed by atoms with Gasteiger partial charge in [0.2, 0.25) is 5.91 Å². The van der Waals surface area contributed by atoms with E-state index in [2.05, 4.69) is 10.6 Å². The van der Waals surface area contributed by atoms with Crippen LogP contribution in [-0.4, -0.2) is 33.5 Å². The lowest BCUT2D eigenvalue weighted by atomic mass is 10.0. The van der Waals surface area contributed by atoms with Gasteiger partial charge < -0.3 is 10.6 Å². The van der Waals surface area contributed by atoms with Gasteiger partial charge in [-0.3, -0.25) is 9.59 Å². The van der Waals surface area contributed by atoms with Crippen LogP contribution in [0.15, 0.2) is 47.4 Å². The van der Waals surface area contributed by atoms with Crippen molar-refractivity contribution in [2.75, 3.05) is 13.3 Å². The largest absolute Gasteiger partial charge is 0.357 e. The Bertz CT molecular complexity index is 961. The Hall–Kier alpha value is -2.81. The highest BCUT2D eigenvalue weighted by Crippen LogP contribution is 2.18. The van der Waals surface area contributed by atoms with Crippen molar-refractivity contribution in [2.45, 2.75) is 10.9 Å². The summed E-state index contributed by atoms with van der Waals surface area (Å²) in [7, 11) is -2.20. The van der Waals surface area contributed by atoms with Crippen molar-refractivity contribution in [3.8, 4) is 0 Å². The summed E-state index contributed by atoms with van der Waals surface area (Å²) < 4.78 is 49.8. The molecule has 0 aromatic heterocycles. The molecule has 0 bridgehead atoms. The van der Waals surface area contributed by atoms with E-state index >= 15 is 0 Å². The van der Waals surface area contributed by atoms with Crippen molar-refractivity contribution < 1.29 is 26.8 Å². The van der Waals surface area contributed by atoms with Crippen molar-refractivity contribution in [1.82, 2.24) is 10.6 Å². The van der Waals surface area contributed by atoms with Crippen LogP contribution in [0.5, 0.6) is 0 Å². The number of benzene rings is 2.